The molecule has 0 atom stereocenters. The molecular formula is C10H10N2O2S. The molecule has 15 heavy (non-hydrogen) atoms. The van der Waals surface area contributed by atoms with Crippen LogP contribution in [-0.4, -0.2) is 14.5 Å². The summed E-state index contributed by atoms with van der Waals surface area (Å²) in [6.07, 6.45) is 3.83. The predicted molar refractivity (Wildman–Crippen MR) is 57.6 cm³/mol. The number of rotatable bonds is 0. The SMILES string of the molecule is O=c1c2c(nc3scc(O)n13)CCCC2. The van der Waals surface area contributed by atoms with Gasteiger partial charge in [0, 0.05) is 5.56 Å². The van der Waals surface area contributed by atoms with Crippen molar-refractivity contribution in [2.75, 3.05) is 0 Å². The maximum absolute atomic E-state index is 12.0. The van der Waals surface area contributed by atoms with E-state index >= 15 is 0 Å². The lowest BCUT2D eigenvalue weighted by molar-refractivity contribution is 0.445. The van der Waals surface area contributed by atoms with E-state index in [2.05, 4.69) is 4.98 Å². The van der Waals surface area contributed by atoms with Gasteiger partial charge in [-0.25, -0.2) is 9.38 Å². The van der Waals surface area contributed by atoms with Gasteiger partial charge in [-0.05, 0) is 25.7 Å². The molecule has 1 N–H and O–H groups in total. The summed E-state index contributed by atoms with van der Waals surface area (Å²) in [5, 5.41) is 11.1. The number of aromatic nitrogens is 2. The van der Waals surface area contributed by atoms with Crippen molar-refractivity contribution in [2.24, 2.45) is 0 Å². The fourth-order valence-electron chi connectivity index (χ4n) is 2.07. The minimum atomic E-state index is -0.0894. The molecule has 78 valence electrons. The predicted octanol–water partition coefficient (Wildman–Crippen LogP) is 1.34. The van der Waals surface area contributed by atoms with Crippen LogP contribution in [0.5, 0.6) is 5.88 Å². The van der Waals surface area contributed by atoms with Crippen molar-refractivity contribution < 1.29 is 5.11 Å². The smallest absolute Gasteiger partial charge is 0.264 e. The van der Waals surface area contributed by atoms with Gasteiger partial charge in [-0.1, -0.05) is 0 Å². The van der Waals surface area contributed by atoms with Crippen LogP contribution in [0.2, 0.25) is 0 Å². The largest absolute Gasteiger partial charge is 0.494 e. The van der Waals surface area contributed by atoms with Crippen LogP contribution in [0.15, 0.2) is 10.2 Å². The van der Waals surface area contributed by atoms with Crippen LogP contribution in [-0.2, 0) is 12.8 Å². The number of hydrogen-bond donors (Lipinski definition) is 1. The maximum atomic E-state index is 12.0. The van der Waals surface area contributed by atoms with Crippen LogP contribution < -0.4 is 5.56 Å². The number of aromatic hydroxyl groups is 1. The normalized spacial score (nSPS) is 15.5. The summed E-state index contributed by atoms with van der Waals surface area (Å²) in [4.78, 5) is 17.0. The molecule has 0 spiro atoms. The molecule has 5 heteroatoms. The van der Waals surface area contributed by atoms with Gasteiger partial charge >= 0.3 is 0 Å². The zero-order chi connectivity index (χ0) is 10.4. The Kier molecular flexibility index (Phi) is 1.82. The van der Waals surface area contributed by atoms with Crippen molar-refractivity contribution in [2.45, 2.75) is 25.7 Å². The molecule has 0 amide bonds. The summed E-state index contributed by atoms with van der Waals surface area (Å²) >= 11 is 1.30. The number of thiazole rings is 1. The summed E-state index contributed by atoms with van der Waals surface area (Å²) in [7, 11) is 0. The second-order valence-corrected chi connectivity index (χ2v) is 4.60. The van der Waals surface area contributed by atoms with E-state index in [9.17, 15) is 9.90 Å². The van der Waals surface area contributed by atoms with Crippen LogP contribution in [0.25, 0.3) is 4.96 Å². The second kappa shape index (κ2) is 3.06. The molecule has 4 nitrogen and oxygen atoms in total. The number of fused-ring (bicyclic) bond motifs is 2. The van der Waals surface area contributed by atoms with Crippen molar-refractivity contribution in [3.05, 3.63) is 27.0 Å². The maximum Gasteiger partial charge on any atom is 0.264 e. The van der Waals surface area contributed by atoms with E-state index in [1.807, 2.05) is 0 Å². The van der Waals surface area contributed by atoms with E-state index < -0.39 is 0 Å². The Hall–Kier alpha value is -1.36. The standard InChI is InChI=1S/C10H10N2O2S/c13-8-5-15-10-11-7-4-2-1-3-6(7)9(14)12(8)10/h5,13H,1-4H2. The quantitative estimate of drug-likeness (QED) is 0.731. The lowest BCUT2D eigenvalue weighted by Crippen LogP contribution is -2.23. The third kappa shape index (κ3) is 1.19. The second-order valence-electron chi connectivity index (χ2n) is 3.76. The molecular weight excluding hydrogens is 212 g/mol. The average Bonchev–Trinajstić information content (AvgIpc) is 2.61. The molecule has 2 heterocycles. The molecule has 0 saturated carbocycles. The highest BCUT2D eigenvalue weighted by Crippen LogP contribution is 2.22. The summed E-state index contributed by atoms with van der Waals surface area (Å²) in [6, 6.07) is 0. The molecule has 3 rings (SSSR count). The zero-order valence-electron chi connectivity index (χ0n) is 8.06. The van der Waals surface area contributed by atoms with E-state index in [1.54, 1.807) is 5.38 Å². The zero-order valence-corrected chi connectivity index (χ0v) is 8.88. The van der Waals surface area contributed by atoms with Crippen LogP contribution >= 0.6 is 11.3 Å². The highest BCUT2D eigenvalue weighted by atomic mass is 32.1. The Morgan fingerprint density at radius 2 is 2.20 bits per heavy atom. The lowest BCUT2D eigenvalue weighted by Gasteiger charge is -2.13. The molecule has 2 aromatic rings. The van der Waals surface area contributed by atoms with Gasteiger partial charge in [0.05, 0.1) is 11.1 Å². The first-order chi connectivity index (χ1) is 7.27. The van der Waals surface area contributed by atoms with E-state index in [-0.39, 0.29) is 11.4 Å². The van der Waals surface area contributed by atoms with E-state index in [4.69, 9.17) is 0 Å². The van der Waals surface area contributed by atoms with Gasteiger partial charge < -0.3 is 5.11 Å². The van der Waals surface area contributed by atoms with Crippen molar-refractivity contribution >= 4 is 16.3 Å². The van der Waals surface area contributed by atoms with E-state index in [1.165, 1.54) is 15.7 Å². The first kappa shape index (κ1) is 8.91. The first-order valence-electron chi connectivity index (χ1n) is 4.98. The van der Waals surface area contributed by atoms with Gasteiger partial charge in [0.1, 0.15) is 0 Å². The van der Waals surface area contributed by atoms with Crippen LogP contribution in [0.1, 0.15) is 24.1 Å². The Labute approximate surface area is 89.8 Å². The molecule has 0 radical (unpaired) electrons. The third-order valence-corrected chi connectivity index (χ3v) is 3.63. The van der Waals surface area contributed by atoms with Crippen molar-refractivity contribution in [3.63, 3.8) is 0 Å². The number of hydrogen-bond acceptors (Lipinski definition) is 4. The number of aryl methyl sites for hydroxylation is 1. The molecule has 0 fully saturated rings. The van der Waals surface area contributed by atoms with Crippen LogP contribution in [0.3, 0.4) is 0 Å². The van der Waals surface area contributed by atoms with Crippen molar-refractivity contribution in [1.82, 2.24) is 9.38 Å². The summed E-state index contributed by atoms with van der Waals surface area (Å²) in [6.45, 7) is 0. The molecule has 0 aromatic carbocycles. The monoisotopic (exact) mass is 222 g/mol. The molecule has 1 aliphatic rings. The Bertz CT molecular complexity index is 585. The van der Waals surface area contributed by atoms with Gasteiger partial charge in [0.25, 0.3) is 5.56 Å². The van der Waals surface area contributed by atoms with Crippen LogP contribution in [0.4, 0.5) is 0 Å². The Morgan fingerprint density at radius 1 is 1.40 bits per heavy atom. The van der Waals surface area contributed by atoms with Crippen LogP contribution in [0, 0.1) is 0 Å². The van der Waals surface area contributed by atoms with Gasteiger partial charge in [-0.15, -0.1) is 11.3 Å². The topological polar surface area (TPSA) is 54.6 Å². The Balaban J connectivity index is 2.44. The van der Waals surface area contributed by atoms with Gasteiger partial charge in [-0.2, -0.15) is 0 Å². The molecule has 0 unspecified atom stereocenters. The van der Waals surface area contributed by atoms with Gasteiger partial charge in [0.15, 0.2) is 4.96 Å². The van der Waals surface area contributed by atoms with Gasteiger partial charge in [-0.3, -0.25) is 4.79 Å². The van der Waals surface area contributed by atoms with Crippen molar-refractivity contribution in [1.29, 1.82) is 0 Å². The summed E-state index contributed by atoms with van der Waals surface area (Å²) in [5.74, 6) is 0.000809. The highest BCUT2D eigenvalue weighted by Gasteiger charge is 2.18. The molecule has 1 aliphatic carbocycles. The van der Waals surface area contributed by atoms with Gasteiger partial charge in [0.2, 0.25) is 5.88 Å². The molecule has 0 aliphatic heterocycles. The molecule has 0 bridgehead atoms. The number of nitrogens with zero attached hydrogens (tertiary/aromatic N) is 2. The fourth-order valence-corrected chi connectivity index (χ4v) is 2.83. The average molecular weight is 222 g/mol. The fraction of sp³-hybridized carbons (Fsp3) is 0.400. The molecule has 0 saturated heterocycles. The van der Waals surface area contributed by atoms with Crippen molar-refractivity contribution in [3.8, 4) is 5.88 Å². The van der Waals surface area contributed by atoms with E-state index in [0.29, 0.717) is 4.96 Å². The summed E-state index contributed by atoms with van der Waals surface area (Å²) < 4.78 is 1.30. The summed E-state index contributed by atoms with van der Waals surface area (Å²) in [5.41, 5.74) is 1.62. The minimum absolute atomic E-state index is 0.000809. The molecule has 2 aromatic heterocycles. The Morgan fingerprint density at radius 3 is 3.07 bits per heavy atom. The third-order valence-electron chi connectivity index (χ3n) is 2.82. The first-order valence-corrected chi connectivity index (χ1v) is 5.86. The highest BCUT2D eigenvalue weighted by molar-refractivity contribution is 7.15. The minimum Gasteiger partial charge on any atom is -0.494 e. The van der Waals surface area contributed by atoms with E-state index in [0.717, 1.165) is 36.9 Å². The lowest BCUT2D eigenvalue weighted by atomic mass is 9.97.